The highest BCUT2D eigenvalue weighted by atomic mass is 16.3. The highest BCUT2D eigenvalue weighted by molar-refractivity contribution is 4.73. The van der Waals surface area contributed by atoms with Crippen LogP contribution >= 0.6 is 0 Å². The maximum absolute atomic E-state index is 9.92. The topological polar surface area (TPSA) is 32.3 Å². The fraction of sp³-hybridized carbons (Fsp3) is 1.00. The second-order valence-corrected chi connectivity index (χ2v) is 5.95. The normalized spacial score (nSPS) is 19.0. The summed E-state index contributed by atoms with van der Waals surface area (Å²) in [4.78, 5) is 0. The van der Waals surface area contributed by atoms with Crippen LogP contribution in [0.3, 0.4) is 0 Å². The minimum absolute atomic E-state index is 0.127. The molecule has 1 unspecified atom stereocenters. The second-order valence-electron chi connectivity index (χ2n) is 5.95. The van der Waals surface area contributed by atoms with E-state index in [1.165, 1.54) is 70.6 Å². The zero-order valence-electron chi connectivity index (χ0n) is 12.3. The Labute approximate surface area is 114 Å². The van der Waals surface area contributed by atoms with Crippen LogP contribution in [0.25, 0.3) is 0 Å². The minimum Gasteiger partial charge on any atom is -0.392 e. The number of nitrogens with one attached hydrogen (secondary N) is 1. The quantitative estimate of drug-likeness (QED) is 0.578. The smallest absolute Gasteiger partial charge is 0.0664 e. The average molecular weight is 255 g/mol. The molecule has 1 aliphatic carbocycles. The molecule has 1 aliphatic rings. The summed E-state index contributed by atoms with van der Waals surface area (Å²) < 4.78 is 0. The van der Waals surface area contributed by atoms with Crippen molar-refractivity contribution < 1.29 is 5.11 Å². The first kappa shape index (κ1) is 16.0. The van der Waals surface area contributed by atoms with Crippen molar-refractivity contribution in [3.63, 3.8) is 0 Å². The molecule has 0 heterocycles. The molecule has 0 amide bonds. The summed E-state index contributed by atoms with van der Waals surface area (Å²) in [6, 6.07) is 0.679. The third-order valence-electron chi connectivity index (χ3n) is 4.14. The summed E-state index contributed by atoms with van der Waals surface area (Å²) in [5, 5.41) is 13.5. The molecule has 1 fully saturated rings. The van der Waals surface area contributed by atoms with Crippen LogP contribution in [-0.4, -0.2) is 23.8 Å². The number of hydrogen-bond donors (Lipinski definition) is 2. The largest absolute Gasteiger partial charge is 0.392 e. The number of aliphatic hydroxyl groups excluding tert-OH is 1. The lowest BCUT2D eigenvalue weighted by Gasteiger charge is -2.24. The number of rotatable bonds is 10. The van der Waals surface area contributed by atoms with Crippen LogP contribution in [0, 0.1) is 0 Å². The van der Waals surface area contributed by atoms with E-state index in [0.29, 0.717) is 6.04 Å². The third-order valence-corrected chi connectivity index (χ3v) is 4.14. The van der Waals surface area contributed by atoms with Gasteiger partial charge in [0.25, 0.3) is 0 Å². The summed E-state index contributed by atoms with van der Waals surface area (Å²) in [6.45, 7) is 3.06. The molecule has 2 N–H and O–H groups in total. The standard InChI is InChI=1S/C16H33NO/c1-2-3-4-5-6-10-13-16(18)14-17-15-11-8-7-9-12-15/h15-18H,2-14H2,1H3. The molecule has 0 spiro atoms. The number of aliphatic hydroxyl groups is 1. The highest BCUT2D eigenvalue weighted by Gasteiger charge is 2.13. The molecule has 1 atom stereocenters. The van der Waals surface area contributed by atoms with E-state index in [4.69, 9.17) is 0 Å². The van der Waals surface area contributed by atoms with E-state index in [0.717, 1.165) is 13.0 Å². The van der Waals surface area contributed by atoms with Crippen molar-refractivity contribution in [2.45, 2.75) is 96.1 Å². The fourth-order valence-electron chi connectivity index (χ4n) is 2.87. The average Bonchev–Trinajstić information content (AvgIpc) is 2.41. The number of unbranched alkanes of at least 4 members (excludes halogenated alkanes) is 5. The van der Waals surface area contributed by atoms with Crippen molar-refractivity contribution >= 4 is 0 Å². The van der Waals surface area contributed by atoms with E-state index < -0.39 is 0 Å². The van der Waals surface area contributed by atoms with E-state index in [1.807, 2.05) is 0 Å². The molecule has 0 saturated heterocycles. The molecule has 0 aliphatic heterocycles. The summed E-state index contributed by atoms with van der Waals surface area (Å²) in [5.74, 6) is 0. The van der Waals surface area contributed by atoms with Crippen molar-refractivity contribution in [3.8, 4) is 0 Å². The van der Waals surface area contributed by atoms with Crippen LogP contribution < -0.4 is 5.32 Å². The molecule has 2 heteroatoms. The lowest BCUT2D eigenvalue weighted by Crippen LogP contribution is -2.36. The predicted molar refractivity (Wildman–Crippen MR) is 78.9 cm³/mol. The Bertz CT molecular complexity index is 178. The van der Waals surface area contributed by atoms with Gasteiger partial charge in [0.05, 0.1) is 6.10 Å². The molecule has 1 rings (SSSR count). The van der Waals surface area contributed by atoms with Gasteiger partial charge in [0.2, 0.25) is 0 Å². The van der Waals surface area contributed by atoms with Crippen molar-refractivity contribution in [1.29, 1.82) is 0 Å². The Morgan fingerprint density at radius 1 is 1.00 bits per heavy atom. The first-order chi connectivity index (χ1) is 8.83. The third kappa shape index (κ3) is 8.10. The van der Waals surface area contributed by atoms with E-state index in [9.17, 15) is 5.11 Å². The fourth-order valence-corrected chi connectivity index (χ4v) is 2.87. The Balaban J connectivity index is 1.88. The van der Waals surface area contributed by atoms with Crippen molar-refractivity contribution in [2.75, 3.05) is 6.54 Å². The molecule has 0 aromatic heterocycles. The maximum atomic E-state index is 9.92. The predicted octanol–water partition coefficient (Wildman–Crippen LogP) is 4.02. The summed E-state index contributed by atoms with van der Waals surface area (Å²) in [5.41, 5.74) is 0. The molecular formula is C16H33NO. The van der Waals surface area contributed by atoms with E-state index in [-0.39, 0.29) is 6.10 Å². The van der Waals surface area contributed by atoms with E-state index in [2.05, 4.69) is 12.2 Å². The second kappa shape index (κ2) is 10.8. The van der Waals surface area contributed by atoms with Gasteiger partial charge < -0.3 is 10.4 Å². The summed E-state index contributed by atoms with van der Waals surface area (Å²) in [6.07, 6.45) is 15.5. The molecule has 18 heavy (non-hydrogen) atoms. The lowest BCUT2D eigenvalue weighted by molar-refractivity contribution is 0.150. The zero-order chi connectivity index (χ0) is 13.1. The Kier molecular flexibility index (Phi) is 9.59. The van der Waals surface area contributed by atoms with Crippen LogP contribution in [0.5, 0.6) is 0 Å². The van der Waals surface area contributed by atoms with Crippen LogP contribution in [-0.2, 0) is 0 Å². The molecule has 0 bridgehead atoms. The molecular weight excluding hydrogens is 222 g/mol. The van der Waals surface area contributed by atoms with Gasteiger partial charge >= 0.3 is 0 Å². The van der Waals surface area contributed by atoms with Gasteiger partial charge in [-0.25, -0.2) is 0 Å². The van der Waals surface area contributed by atoms with Crippen molar-refractivity contribution in [1.82, 2.24) is 5.32 Å². The molecule has 1 saturated carbocycles. The van der Waals surface area contributed by atoms with Crippen molar-refractivity contribution in [3.05, 3.63) is 0 Å². The van der Waals surface area contributed by atoms with Gasteiger partial charge in [-0.1, -0.05) is 64.7 Å². The van der Waals surface area contributed by atoms with Crippen LogP contribution in [0.1, 0.15) is 84.0 Å². The lowest BCUT2D eigenvalue weighted by atomic mass is 9.95. The first-order valence-corrected chi connectivity index (χ1v) is 8.24. The molecule has 0 aromatic carbocycles. The van der Waals surface area contributed by atoms with Crippen LogP contribution in [0.4, 0.5) is 0 Å². The van der Waals surface area contributed by atoms with Gasteiger partial charge in [0.1, 0.15) is 0 Å². The zero-order valence-corrected chi connectivity index (χ0v) is 12.3. The molecule has 2 nitrogen and oxygen atoms in total. The van der Waals surface area contributed by atoms with Gasteiger partial charge in [-0.3, -0.25) is 0 Å². The Hall–Kier alpha value is -0.0800. The van der Waals surface area contributed by atoms with E-state index in [1.54, 1.807) is 0 Å². The van der Waals surface area contributed by atoms with Crippen LogP contribution in [0.15, 0.2) is 0 Å². The molecule has 0 aromatic rings. The van der Waals surface area contributed by atoms with Crippen LogP contribution in [0.2, 0.25) is 0 Å². The summed E-state index contributed by atoms with van der Waals surface area (Å²) in [7, 11) is 0. The van der Waals surface area contributed by atoms with Gasteiger partial charge in [-0.2, -0.15) is 0 Å². The van der Waals surface area contributed by atoms with Gasteiger partial charge in [0.15, 0.2) is 0 Å². The van der Waals surface area contributed by atoms with Crippen molar-refractivity contribution in [2.24, 2.45) is 0 Å². The van der Waals surface area contributed by atoms with E-state index >= 15 is 0 Å². The minimum atomic E-state index is -0.127. The highest BCUT2D eigenvalue weighted by Crippen LogP contribution is 2.17. The SMILES string of the molecule is CCCCCCCCC(O)CNC1CCCCC1. The maximum Gasteiger partial charge on any atom is 0.0664 e. The Morgan fingerprint density at radius 2 is 1.67 bits per heavy atom. The number of hydrogen-bond acceptors (Lipinski definition) is 2. The first-order valence-electron chi connectivity index (χ1n) is 8.24. The monoisotopic (exact) mass is 255 g/mol. The van der Waals surface area contributed by atoms with Gasteiger partial charge in [-0.15, -0.1) is 0 Å². The molecule has 0 radical (unpaired) electrons. The molecule has 108 valence electrons. The van der Waals surface area contributed by atoms with Gasteiger partial charge in [-0.05, 0) is 19.3 Å². The Morgan fingerprint density at radius 3 is 2.39 bits per heavy atom. The van der Waals surface area contributed by atoms with Gasteiger partial charge in [0, 0.05) is 12.6 Å². The summed E-state index contributed by atoms with van der Waals surface area (Å²) >= 11 is 0.